The quantitative estimate of drug-likeness (QED) is 0.427. The zero-order valence-electron chi connectivity index (χ0n) is 19.9. The van der Waals surface area contributed by atoms with E-state index in [0.29, 0.717) is 23.3 Å². The van der Waals surface area contributed by atoms with Crippen LogP contribution in [0.25, 0.3) is 11.3 Å². The molecule has 0 N–H and O–H groups in total. The van der Waals surface area contributed by atoms with Gasteiger partial charge in [0.25, 0.3) is 0 Å². The van der Waals surface area contributed by atoms with Crippen LogP contribution >= 0.6 is 0 Å². The van der Waals surface area contributed by atoms with Crippen molar-refractivity contribution in [2.45, 2.75) is 38.0 Å². The Morgan fingerprint density at radius 1 is 1.06 bits per heavy atom. The van der Waals surface area contributed by atoms with Crippen molar-refractivity contribution in [2.24, 2.45) is 0 Å². The van der Waals surface area contributed by atoms with Gasteiger partial charge < -0.3 is 9.64 Å². The number of benzene rings is 2. The molecule has 4 nitrogen and oxygen atoms in total. The summed E-state index contributed by atoms with van der Waals surface area (Å²) in [6, 6.07) is 19.3. The van der Waals surface area contributed by atoms with Crippen LogP contribution in [0.4, 0.5) is 13.2 Å². The second kappa shape index (κ2) is 10.2. The minimum atomic E-state index is -4.51. The molecule has 3 aromatic rings. The number of aromatic nitrogens is 1. The fraction of sp³-hybridized carbons (Fsp3) is 0.357. The number of nitriles is 1. The van der Waals surface area contributed by atoms with Gasteiger partial charge >= 0.3 is 6.18 Å². The first-order chi connectivity index (χ1) is 16.7. The SMILES string of the molecule is Cc1cc(-c2cc(C(F)(F)F)cc(COCC3(c4ccccc4)CCN(C)CC3)n2)ccc1C#N. The third-order valence-electron chi connectivity index (χ3n) is 6.81. The van der Waals surface area contributed by atoms with Gasteiger partial charge in [0.1, 0.15) is 0 Å². The van der Waals surface area contributed by atoms with Gasteiger partial charge in [-0.1, -0.05) is 36.4 Å². The lowest BCUT2D eigenvalue weighted by atomic mass is 9.73. The molecule has 0 radical (unpaired) electrons. The summed E-state index contributed by atoms with van der Waals surface area (Å²) in [4.78, 5) is 6.77. The van der Waals surface area contributed by atoms with E-state index in [1.165, 1.54) is 5.56 Å². The summed E-state index contributed by atoms with van der Waals surface area (Å²) >= 11 is 0. The van der Waals surface area contributed by atoms with E-state index in [-0.39, 0.29) is 23.4 Å². The molecule has 1 saturated heterocycles. The molecule has 2 heterocycles. The fourth-order valence-electron chi connectivity index (χ4n) is 4.63. The second-order valence-corrected chi connectivity index (χ2v) is 9.31. The largest absolute Gasteiger partial charge is 0.416 e. The van der Waals surface area contributed by atoms with E-state index in [2.05, 4.69) is 35.1 Å². The van der Waals surface area contributed by atoms with Gasteiger partial charge in [0.2, 0.25) is 0 Å². The highest BCUT2D eigenvalue weighted by Crippen LogP contribution is 2.36. The number of piperidine rings is 1. The number of alkyl halides is 3. The number of nitrogens with zero attached hydrogens (tertiary/aromatic N) is 3. The van der Waals surface area contributed by atoms with Crippen LogP contribution in [0.1, 0.15) is 40.8 Å². The molecule has 1 aliphatic rings. The van der Waals surface area contributed by atoms with Gasteiger partial charge in [0, 0.05) is 11.0 Å². The van der Waals surface area contributed by atoms with E-state index < -0.39 is 11.7 Å². The summed E-state index contributed by atoms with van der Waals surface area (Å²) < 4.78 is 47.1. The van der Waals surface area contributed by atoms with Crippen LogP contribution < -0.4 is 0 Å². The van der Waals surface area contributed by atoms with Gasteiger partial charge in [-0.25, -0.2) is 0 Å². The Bertz CT molecular complexity index is 1210. The molecular weight excluding hydrogens is 451 g/mol. The topological polar surface area (TPSA) is 49.1 Å². The van der Waals surface area contributed by atoms with Crippen LogP contribution in [-0.4, -0.2) is 36.6 Å². The molecule has 0 unspecified atom stereocenters. The number of pyridine rings is 1. The molecular formula is C28H28F3N3O. The van der Waals surface area contributed by atoms with E-state index in [1.807, 2.05) is 18.2 Å². The number of ether oxygens (including phenoxy) is 1. The van der Waals surface area contributed by atoms with Gasteiger partial charge in [-0.3, -0.25) is 4.98 Å². The number of aryl methyl sites for hydroxylation is 1. The summed E-state index contributed by atoms with van der Waals surface area (Å²) in [6.45, 7) is 4.01. The molecule has 1 fully saturated rings. The maximum atomic E-state index is 13.7. The number of hydrogen-bond acceptors (Lipinski definition) is 4. The Labute approximate surface area is 204 Å². The standard InChI is InChI=1S/C28H28F3N3O/c1-20-14-21(8-9-22(20)17-32)26-16-24(28(29,30)31)15-25(33-26)18-35-19-27(10-12-34(2)13-11-27)23-6-4-3-5-7-23/h3-9,14-16H,10-13,18-19H2,1-2H3. The van der Waals surface area contributed by atoms with Crippen LogP contribution in [0.15, 0.2) is 60.7 Å². The molecule has 0 saturated carbocycles. The monoisotopic (exact) mass is 479 g/mol. The van der Waals surface area contributed by atoms with E-state index in [4.69, 9.17) is 10.00 Å². The van der Waals surface area contributed by atoms with E-state index in [0.717, 1.165) is 38.1 Å². The molecule has 0 bridgehead atoms. The van der Waals surface area contributed by atoms with Gasteiger partial charge in [0.15, 0.2) is 0 Å². The third kappa shape index (κ3) is 5.72. The van der Waals surface area contributed by atoms with Crippen LogP contribution in [0.3, 0.4) is 0 Å². The van der Waals surface area contributed by atoms with Crippen LogP contribution in [0.2, 0.25) is 0 Å². The first-order valence-electron chi connectivity index (χ1n) is 11.6. The summed E-state index contributed by atoms with van der Waals surface area (Å²) in [6.07, 6.45) is -2.67. The highest BCUT2D eigenvalue weighted by molar-refractivity contribution is 5.63. The fourth-order valence-corrected chi connectivity index (χ4v) is 4.63. The minimum Gasteiger partial charge on any atom is -0.374 e. The van der Waals surface area contributed by atoms with Gasteiger partial charge in [0.05, 0.1) is 41.8 Å². The second-order valence-electron chi connectivity index (χ2n) is 9.31. The smallest absolute Gasteiger partial charge is 0.374 e. The summed E-state index contributed by atoms with van der Waals surface area (Å²) in [5.41, 5.74) is 2.39. The average molecular weight is 480 g/mol. The Hall–Kier alpha value is -3.21. The lowest BCUT2D eigenvalue weighted by molar-refractivity contribution is -0.137. The molecule has 0 amide bonds. The molecule has 7 heteroatoms. The van der Waals surface area contributed by atoms with Crippen molar-refractivity contribution in [3.05, 3.63) is 88.6 Å². The normalized spacial score (nSPS) is 16.1. The lowest BCUT2D eigenvalue weighted by Gasteiger charge is -2.41. The molecule has 4 rings (SSSR count). The van der Waals surface area contributed by atoms with Crippen LogP contribution in [0, 0.1) is 18.3 Å². The Balaban J connectivity index is 1.59. The summed E-state index contributed by atoms with van der Waals surface area (Å²) in [7, 11) is 2.09. The first kappa shape index (κ1) is 24.9. The Morgan fingerprint density at radius 3 is 2.40 bits per heavy atom. The Morgan fingerprint density at radius 2 is 1.77 bits per heavy atom. The van der Waals surface area contributed by atoms with E-state index in [9.17, 15) is 13.2 Å². The number of likely N-dealkylation sites (tertiary alicyclic amines) is 1. The van der Waals surface area contributed by atoms with E-state index >= 15 is 0 Å². The predicted octanol–water partition coefficient (Wildman–Crippen LogP) is 6.13. The van der Waals surface area contributed by atoms with Gasteiger partial charge in [-0.2, -0.15) is 18.4 Å². The summed E-state index contributed by atoms with van der Waals surface area (Å²) in [5, 5.41) is 9.16. The molecule has 1 aromatic heterocycles. The van der Waals surface area contributed by atoms with E-state index in [1.54, 1.807) is 25.1 Å². The van der Waals surface area contributed by atoms with Gasteiger partial charge in [-0.15, -0.1) is 0 Å². The van der Waals surface area contributed by atoms with Crippen molar-refractivity contribution in [3.63, 3.8) is 0 Å². The average Bonchev–Trinajstić information content (AvgIpc) is 2.85. The molecule has 0 aliphatic carbocycles. The van der Waals surface area contributed by atoms with Crippen molar-refractivity contribution in [2.75, 3.05) is 26.7 Å². The molecule has 0 spiro atoms. The van der Waals surface area contributed by atoms with Crippen molar-refractivity contribution >= 4 is 0 Å². The van der Waals surface area contributed by atoms with Crippen molar-refractivity contribution in [3.8, 4) is 17.3 Å². The number of halogens is 3. The van der Waals surface area contributed by atoms with Gasteiger partial charge in [-0.05, 0) is 75.3 Å². The number of rotatable bonds is 6. The molecule has 182 valence electrons. The zero-order valence-corrected chi connectivity index (χ0v) is 19.9. The van der Waals surface area contributed by atoms with Crippen molar-refractivity contribution < 1.29 is 17.9 Å². The lowest BCUT2D eigenvalue weighted by Crippen LogP contribution is -2.43. The molecule has 35 heavy (non-hydrogen) atoms. The molecule has 0 atom stereocenters. The summed E-state index contributed by atoms with van der Waals surface area (Å²) in [5.74, 6) is 0. The van der Waals surface area contributed by atoms with Crippen molar-refractivity contribution in [1.82, 2.24) is 9.88 Å². The van der Waals surface area contributed by atoms with Crippen LogP contribution in [0.5, 0.6) is 0 Å². The minimum absolute atomic E-state index is 0.0173. The van der Waals surface area contributed by atoms with Crippen molar-refractivity contribution in [1.29, 1.82) is 5.26 Å². The first-order valence-corrected chi connectivity index (χ1v) is 11.6. The highest BCUT2D eigenvalue weighted by Gasteiger charge is 2.36. The zero-order chi connectivity index (χ0) is 25.1. The molecule has 2 aromatic carbocycles. The Kier molecular flexibility index (Phi) is 7.25. The predicted molar refractivity (Wildman–Crippen MR) is 129 cm³/mol. The number of hydrogen-bond donors (Lipinski definition) is 0. The molecule has 1 aliphatic heterocycles. The maximum Gasteiger partial charge on any atom is 0.416 e. The highest BCUT2D eigenvalue weighted by atomic mass is 19.4. The van der Waals surface area contributed by atoms with Crippen LogP contribution in [-0.2, 0) is 22.9 Å². The maximum absolute atomic E-state index is 13.7. The third-order valence-corrected chi connectivity index (χ3v) is 6.81.